The fourth-order valence-corrected chi connectivity index (χ4v) is 4.04. The zero-order valence-corrected chi connectivity index (χ0v) is 17.3. The average Bonchev–Trinajstić information content (AvgIpc) is 3.01. The second kappa shape index (κ2) is 8.27. The van der Waals surface area contributed by atoms with Gasteiger partial charge in [0.2, 0.25) is 0 Å². The molecule has 0 saturated carbocycles. The highest BCUT2D eigenvalue weighted by Crippen LogP contribution is 2.26. The van der Waals surface area contributed by atoms with E-state index in [0.29, 0.717) is 18.5 Å². The summed E-state index contributed by atoms with van der Waals surface area (Å²) in [5, 5.41) is 4.01. The SMILES string of the molecule is COC(=O)C[C@H]1CC[C@@H](CNC(=O)c2c(C)c(C)nc3ccc(C)cc23)N1C. The minimum Gasteiger partial charge on any atom is -0.469 e. The molecule has 1 N–H and O–H groups in total. The molecule has 1 fully saturated rings. The van der Waals surface area contributed by atoms with Crippen molar-refractivity contribution in [3.63, 3.8) is 0 Å². The number of rotatable bonds is 5. The van der Waals surface area contributed by atoms with Crippen LogP contribution in [0, 0.1) is 20.8 Å². The van der Waals surface area contributed by atoms with Crippen LogP contribution < -0.4 is 5.32 Å². The van der Waals surface area contributed by atoms with Gasteiger partial charge in [0, 0.05) is 29.7 Å². The van der Waals surface area contributed by atoms with Gasteiger partial charge in [-0.2, -0.15) is 0 Å². The topological polar surface area (TPSA) is 71.5 Å². The van der Waals surface area contributed by atoms with Crippen LogP contribution in [0.3, 0.4) is 0 Å². The van der Waals surface area contributed by atoms with Crippen LogP contribution in [-0.2, 0) is 9.53 Å². The predicted octanol–water partition coefficient (Wildman–Crippen LogP) is 2.92. The molecule has 6 nitrogen and oxygen atoms in total. The Morgan fingerprint density at radius 2 is 1.93 bits per heavy atom. The fraction of sp³-hybridized carbons (Fsp3) is 0.500. The number of benzene rings is 1. The van der Waals surface area contributed by atoms with Crippen LogP contribution in [0.5, 0.6) is 0 Å². The first kappa shape index (κ1) is 20.3. The third kappa shape index (κ3) is 4.02. The summed E-state index contributed by atoms with van der Waals surface area (Å²) in [5.74, 6) is -0.255. The highest BCUT2D eigenvalue weighted by molar-refractivity contribution is 6.07. The summed E-state index contributed by atoms with van der Waals surface area (Å²) >= 11 is 0. The van der Waals surface area contributed by atoms with Crippen molar-refractivity contribution in [3.8, 4) is 0 Å². The van der Waals surface area contributed by atoms with E-state index in [0.717, 1.165) is 40.6 Å². The number of ether oxygens (including phenoxy) is 1. The van der Waals surface area contributed by atoms with E-state index in [1.165, 1.54) is 7.11 Å². The Kier molecular flexibility index (Phi) is 5.98. The van der Waals surface area contributed by atoms with Crippen LogP contribution >= 0.6 is 0 Å². The summed E-state index contributed by atoms with van der Waals surface area (Å²) in [6, 6.07) is 6.40. The number of likely N-dealkylation sites (tertiary alicyclic amines) is 1. The first-order chi connectivity index (χ1) is 13.3. The number of pyridine rings is 1. The van der Waals surface area contributed by atoms with Crippen molar-refractivity contribution in [2.45, 2.75) is 52.1 Å². The molecule has 1 saturated heterocycles. The van der Waals surface area contributed by atoms with E-state index in [2.05, 4.69) is 15.2 Å². The van der Waals surface area contributed by atoms with E-state index in [-0.39, 0.29) is 24.0 Å². The minimum atomic E-state index is -0.189. The van der Waals surface area contributed by atoms with Crippen molar-refractivity contribution >= 4 is 22.8 Å². The third-order valence-electron chi connectivity index (χ3n) is 5.97. The summed E-state index contributed by atoms with van der Waals surface area (Å²) in [4.78, 5) is 31.5. The lowest BCUT2D eigenvalue weighted by molar-refractivity contribution is -0.141. The second-order valence-corrected chi connectivity index (χ2v) is 7.76. The maximum Gasteiger partial charge on any atom is 0.307 e. The zero-order chi connectivity index (χ0) is 20.4. The van der Waals surface area contributed by atoms with E-state index >= 15 is 0 Å². The molecule has 2 atom stereocenters. The lowest BCUT2D eigenvalue weighted by Gasteiger charge is -2.25. The van der Waals surface area contributed by atoms with Gasteiger partial charge in [0.25, 0.3) is 5.91 Å². The van der Waals surface area contributed by atoms with Crippen LogP contribution in [-0.4, -0.2) is 54.5 Å². The Labute approximate surface area is 166 Å². The first-order valence-corrected chi connectivity index (χ1v) is 9.76. The third-order valence-corrected chi connectivity index (χ3v) is 5.97. The number of fused-ring (bicyclic) bond motifs is 1. The van der Waals surface area contributed by atoms with Crippen molar-refractivity contribution in [3.05, 3.63) is 40.6 Å². The summed E-state index contributed by atoms with van der Waals surface area (Å²) in [7, 11) is 3.43. The summed E-state index contributed by atoms with van der Waals surface area (Å²) in [6.07, 6.45) is 2.28. The summed E-state index contributed by atoms with van der Waals surface area (Å²) in [5.41, 5.74) is 4.44. The molecule has 3 rings (SSSR count). The number of carbonyl (C=O) groups is 2. The van der Waals surface area contributed by atoms with Gasteiger partial charge in [0.05, 0.1) is 24.6 Å². The van der Waals surface area contributed by atoms with E-state index in [4.69, 9.17) is 4.74 Å². The summed E-state index contributed by atoms with van der Waals surface area (Å²) < 4.78 is 4.79. The highest BCUT2D eigenvalue weighted by atomic mass is 16.5. The van der Waals surface area contributed by atoms with Gasteiger partial charge in [0.15, 0.2) is 0 Å². The Balaban J connectivity index is 1.75. The van der Waals surface area contributed by atoms with Crippen molar-refractivity contribution in [2.24, 2.45) is 0 Å². The average molecular weight is 383 g/mol. The molecule has 0 bridgehead atoms. The molecule has 1 amide bonds. The molecule has 0 radical (unpaired) electrons. The van der Waals surface area contributed by atoms with Crippen molar-refractivity contribution < 1.29 is 14.3 Å². The smallest absolute Gasteiger partial charge is 0.307 e. The standard InChI is InChI=1S/C22H29N3O3/c1-13-6-9-19-18(10-13)21(14(2)15(3)24-19)22(27)23-12-17-8-7-16(25(17)4)11-20(26)28-5/h6,9-10,16-17H,7-8,11-12H2,1-5H3,(H,23,27)/t16-,17+/m1/s1. The lowest BCUT2D eigenvalue weighted by Crippen LogP contribution is -2.41. The van der Waals surface area contributed by atoms with Gasteiger partial charge >= 0.3 is 5.97 Å². The van der Waals surface area contributed by atoms with Crippen molar-refractivity contribution in [2.75, 3.05) is 20.7 Å². The van der Waals surface area contributed by atoms with Crippen molar-refractivity contribution in [1.82, 2.24) is 15.2 Å². The van der Waals surface area contributed by atoms with Crippen LogP contribution in [0.2, 0.25) is 0 Å². The van der Waals surface area contributed by atoms with Crippen LogP contribution in [0.4, 0.5) is 0 Å². The van der Waals surface area contributed by atoms with Gasteiger partial charge in [-0.05, 0) is 58.4 Å². The first-order valence-electron chi connectivity index (χ1n) is 9.76. The molecule has 1 aliphatic rings. The molecule has 0 aliphatic carbocycles. The Bertz CT molecular complexity index is 910. The molecule has 1 aromatic carbocycles. The zero-order valence-electron chi connectivity index (χ0n) is 17.3. The number of likely N-dealkylation sites (N-methyl/N-ethyl adjacent to an activating group) is 1. The number of amides is 1. The van der Waals surface area contributed by atoms with Gasteiger partial charge in [-0.1, -0.05) is 11.6 Å². The number of aromatic nitrogens is 1. The largest absolute Gasteiger partial charge is 0.469 e. The molecule has 0 unspecified atom stereocenters. The molecular weight excluding hydrogens is 354 g/mol. The monoisotopic (exact) mass is 383 g/mol. The molecule has 150 valence electrons. The number of nitrogens with one attached hydrogen (secondary N) is 1. The molecule has 2 aromatic rings. The van der Waals surface area contributed by atoms with E-state index in [1.807, 2.05) is 46.0 Å². The van der Waals surface area contributed by atoms with Gasteiger partial charge in [-0.15, -0.1) is 0 Å². The van der Waals surface area contributed by atoms with Crippen LogP contribution in [0.15, 0.2) is 18.2 Å². The maximum absolute atomic E-state index is 13.1. The number of hydrogen-bond acceptors (Lipinski definition) is 5. The van der Waals surface area contributed by atoms with Gasteiger partial charge in [-0.25, -0.2) is 0 Å². The molecule has 6 heteroatoms. The van der Waals surface area contributed by atoms with E-state index < -0.39 is 0 Å². The normalized spacial score (nSPS) is 19.8. The fourth-order valence-electron chi connectivity index (χ4n) is 4.04. The molecule has 1 aromatic heterocycles. The molecule has 28 heavy (non-hydrogen) atoms. The van der Waals surface area contributed by atoms with Crippen molar-refractivity contribution in [1.29, 1.82) is 0 Å². The number of carbonyl (C=O) groups excluding carboxylic acids is 2. The van der Waals surface area contributed by atoms with Gasteiger partial charge < -0.3 is 10.1 Å². The Morgan fingerprint density at radius 3 is 2.64 bits per heavy atom. The van der Waals surface area contributed by atoms with E-state index in [9.17, 15) is 9.59 Å². The molecular formula is C22H29N3O3. The Morgan fingerprint density at radius 1 is 1.21 bits per heavy atom. The molecule has 1 aliphatic heterocycles. The number of methoxy groups -OCH3 is 1. The van der Waals surface area contributed by atoms with Crippen LogP contribution in [0.25, 0.3) is 10.9 Å². The van der Waals surface area contributed by atoms with Gasteiger partial charge in [-0.3, -0.25) is 19.5 Å². The number of aryl methyl sites for hydroxylation is 2. The maximum atomic E-state index is 13.1. The lowest BCUT2D eigenvalue weighted by atomic mass is 9.99. The molecule has 2 heterocycles. The quantitative estimate of drug-likeness (QED) is 0.804. The Hall–Kier alpha value is -2.47. The predicted molar refractivity (Wildman–Crippen MR) is 109 cm³/mol. The van der Waals surface area contributed by atoms with Gasteiger partial charge in [0.1, 0.15) is 0 Å². The van der Waals surface area contributed by atoms with Crippen LogP contribution in [0.1, 0.15) is 46.4 Å². The number of nitrogens with zero attached hydrogens (tertiary/aromatic N) is 2. The number of esters is 1. The summed E-state index contributed by atoms with van der Waals surface area (Å²) in [6.45, 7) is 6.47. The highest BCUT2D eigenvalue weighted by Gasteiger charge is 2.32. The molecule has 0 spiro atoms. The number of hydrogen-bond donors (Lipinski definition) is 1. The van der Waals surface area contributed by atoms with E-state index in [1.54, 1.807) is 0 Å². The second-order valence-electron chi connectivity index (χ2n) is 7.76. The minimum absolute atomic E-state index is 0.0663.